The van der Waals surface area contributed by atoms with Crippen LogP contribution in [0, 0.1) is 0 Å². The Hall–Kier alpha value is -1.08. The average Bonchev–Trinajstić information content (AvgIpc) is 2.84. The first-order valence-electron chi connectivity index (χ1n) is 6.21. The third kappa shape index (κ3) is 3.96. The van der Waals surface area contributed by atoms with Crippen LogP contribution >= 0.6 is 23.4 Å². The Morgan fingerprint density at radius 1 is 1.45 bits per heavy atom. The van der Waals surface area contributed by atoms with Gasteiger partial charge in [-0.1, -0.05) is 23.7 Å². The van der Waals surface area contributed by atoms with Crippen molar-refractivity contribution in [3.63, 3.8) is 0 Å². The van der Waals surface area contributed by atoms with Gasteiger partial charge < -0.3 is 10.1 Å². The maximum Gasteiger partial charge on any atom is 0.190 e. The van der Waals surface area contributed by atoms with Crippen LogP contribution in [0.1, 0.15) is 5.56 Å². The smallest absolute Gasteiger partial charge is 0.190 e. The fourth-order valence-corrected chi connectivity index (χ4v) is 2.88. The van der Waals surface area contributed by atoms with Gasteiger partial charge in [0.15, 0.2) is 5.16 Å². The van der Waals surface area contributed by atoms with Crippen molar-refractivity contribution < 1.29 is 4.74 Å². The maximum atomic E-state index is 6.31. The van der Waals surface area contributed by atoms with Crippen molar-refractivity contribution in [2.24, 2.45) is 7.05 Å². The molecule has 0 bridgehead atoms. The Kier molecular flexibility index (Phi) is 5.85. The van der Waals surface area contributed by atoms with Crippen LogP contribution in [-0.4, -0.2) is 35.0 Å². The first-order chi connectivity index (χ1) is 9.72. The number of halogens is 1. The molecule has 0 unspecified atom stereocenters. The highest BCUT2D eigenvalue weighted by Crippen LogP contribution is 2.34. The summed E-state index contributed by atoms with van der Waals surface area (Å²) in [4.78, 5) is 5.23. The largest absolute Gasteiger partial charge is 0.383 e. The summed E-state index contributed by atoms with van der Waals surface area (Å²) in [6.45, 7) is 2.23. The van der Waals surface area contributed by atoms with Gasteiger partial charge in [0.1, 0.15) is 6.33 Å². The SMILES string of the molecule is COCCNCc1cccc(Cl)c1Sc1ncnn1C. The van der Waals surface area contributed by atoms with Gasteiger partial charge in [-0.3, -0.25) is 0 Å². The fraction of sp³-hybridized carbons (Fsp3) is 0.385. The highest BCUT2D eigenvalue weighted by Gasteiger charge is 2.11. The number of benzene rings is 1. The van der Waals surface area contributed by atoms with Gasteiger partial charge in [0.25, 0.3) is 0 Å². The lowest BCUT2D eigenvalue weighted by molar-refractivity contribution is 0.199. The van der Waals surface area contributed by atoms with Crippen molar-refractivity contribution in [1.82, 2.24) is 20.1 Å². The monoisotopic (exact) mass is 312 g/mol. The standard InChI is InChI=1S/C13H17ClN4OS/c1-18-13(16-9-17-18)20-12-10(4-3-5-11(12)14)8-15-6-7-19-2/h3-5,9,15H,6-8H2,1-2H3. The second kappa shape index (κ2) is 7.64. The Labute approximate surface area is 127 Å². The zero-order chi connectivity index (χ0) is 14.4. The third-order valence-electron chi connectivity index (χ3n) is 2.71. The molecule has 7 heteroatoms. The number of aromatic nitrogens is 3. The number of ether oxygens (including phenoxy) is 1. The lowest BCUT2D eigenvalue weighted by atomic mass is 10.2. The molecule has 20 heavy (non-hydrogen) atoms. The van der Waals surface area contributed by atoms with Gasteiger partial charge in [-0.15, -0.1) is 0 Å². The zero-order valence-corrected chi connectivity index (χ0v) is 13.0. The van der Waals surface area contributed by atoms with Crippen molar-refractivity contribution >= 4 is 23.4 Å². The molecular formula is C13H17ClN4OS. The van der Waals surface area contributed by atoms with E-state index in [1.54, 1.807) is 11.8 Å². The van der Waals surface area contributed by atoms with Gasteiger partial charge in [0, 0.05) is 32.1 Å². The molecule has 5 nitrogen and oxygen atoms in total. The van der Waals surface area contributed by atoms with E-state index in [1.807, 2.05) is 19.2 Å². The minimum Gasteiger partial charge on any atom is -0.383 e. The Balaban J connectivity index is 2.12. The molecule has 0 fully saturated rings. The molecule has 1 heterocycles. The number of nitrogens with one attached hydrogen (secondary N) is 1. The van der Waals surface area contributed by atoms with Crippen LogP contribution in [0.2, 0.25) is 5.02 Å². The predicted octanol–water partition coefficient (Wildman–Crippen LogP) is 2.36. The molecule has 0 aliphatic carbocycles. The Morgan fingerprint density at radius 3 is 3.00 bits per heavy atom. The molecule has 0 saturated carbocycles. The van der Waals surface area contributed by atoms with Crippen molar-refractivity contribution in [3.05, 3.63) is 35.1 Å². The number of aryl methyl sites for hydroxylation is 1. The van der Waals surface area contributed by atoms with E-state index in [-0.39, 0.29) is 0 Å². The van der Waals surface area contributed by atoms with E-state index in [2.05, 4.69) is 21.5 Å². The Morgan fingerprint density at radius 2 is 2.30 bits per heavy atom. The molecule has 1 N–H and O–H groups in total. The van der Waals surface area contributed by atoms with Crippen molar-refractivity contribution in [2.45, 2.75) is 16.6 Å². The van der Waals surface area contributed by atoms with E-state index < -0.39 is 0 Å². The third-order valence-corrected chi connectivity index (χ3v) is 4.38. The van der Waals surface area contributed by atoms with Crippen molar-refractivity contribution in [2.75, 3.05) is 20.3 Å². The average molecular weight is 313 g/mol. The van der Waals surface area contributed by atoms with Gasteiger partial charge >= 0.3 is 0 Å². The topological polar surface area (TPSA) is 52.0 Å². The van der Waals surface area contributed by atoms with Crippen molar-refractivity contribution in [3.8, 4) is 0 Å². The van der Waals surface area contributed by atoms with Crippen LogP contribution in [0.4, 0.5) is 0 Å². The highest BCUT2D eigenvalue weighted by molar-refractivity contribution is 7.99. The molecule has 2 rings (SSSR count). The summed E-state index contributed by atoms with van der Waals surface area (Å²) in [5.74, 6) is 0. The van der Waals surface area contributed by atoms with Gasteiger partial charge in [-0.25, -0.2) is 9.67 Å². The molecule has 0 saturated heterocycles. The zero-order valence-electron chi connectivity index (χ0n) is 11.5. The maximum absolute atomic E-state index is 6.31. The van der Waals surface area contributed by atoms with E-state index in [1.165, 1.54) is 18.1 Å². The van der Waals surface area contributed by atoms with Crippen molar-refractivity contribution in [1.29, 1.82) is 0 Å². The predicted molar refractivity (Wildman–Crippen MR) is 80.2 cm³/mol. The second-order valence-corrected chi connectivity index (χ2v) is 5.55. The summed E-state index contributed by atoms with van der Waals surface area (Å²) < 4.78 is 6.75. The molecule has 2 aromatic rings. The minimum atomic E-state index is 0.687. The lowest BCUT2D eigenvalue weighted by Gasteiger charge is -2.11. The summed E-state index contributed by atoms with van der Waals surface area (Å²) in [6, 6.07) is 5.90. The molecule has 1 aromatic carbocycles. The highest BCUT2D eigenvalue weighted by atomic mass is 35.5. The number of hydrogen-bond donors (Lipinski definition) is 1. The summed E-state index contributed by atoms with van der Waals surface area (Å²) in [7, 11) is 3.55. The molecule has 108 valence electrons. The molecule has 0 amide bonds. The number of hydrogen-bond acceptors (Lipinski definition) is 5. The summed E-state index contributed by atoms with van der Waals surface area (Å²) in [5, 5.41) is 8.93. The van der Waals surface area contributed by atoms with Crippen LogP contribution < -0.4 is 5.32 Å². The van der Waals surface area contributed by atoms with Crippen LogP contribution in [0.25, 0.3) is 0 Å². The van der Waals surface area contributed by atoms with Gasteiger partial charge in [0.05, 0.1) is 11.6 Å². The van der Waals surface area contributed by atoms with Crippen LogP contribution in [0.15, 0.2) is 34.6 Å². The molecule has 0 atom stereocenters. The van der Waals surface area contributed by atoms with E-state index in [0.717, 1.165) is 33.7 Å². The molecule has 0 spiro atoms. The van der Waals surface area contributed by atoms with E-state index in [9.17, 15) is 0 Å². The normalized spacial score (nSPS) is 10.9. The van der Waals surface area contributed by atoms with Gasteiger partial charge in [-0.05, 0) is 23.4 Å². The number of nitrogens with zero attached hydrogens (tertiary/aromatic N) is 3. The van der Waals surface area contributed by atoms with Gasteiger partial charge in [0.2, 0.25) is 0 Å². The van der Waals surface area contributed by atoms with Gasteiger partial charge in [-0.2, -0.15) is 5.10 Å². The molecule has 0 aliphatic rings. The quantitative estimate of drug-likeness (QED) is 0.795. The van der Waals surface area contributed by atoms with E-state index >= 15 is 0 Å². The number of methoxy groups -OCH3 is 1. The van der Waals surface area contributed by atoms with E-state index in [0.29, 0.717) is 6.61 Å². The minimum absolute atomic E-state index is 0.687. The Bertz CT molecular complexity index is 561. The molecule has 1 aromatic heterocycles. The molecule has 0 radical (unpaired) electrons. The van der Waals surface area contributed by atoms with Crippen LogP contribution in [-0.2, 0) is 18.3 Å². The molecular weight excluding hydrogens is 296 g/mol. The van der Waals surface area contributed by atoms with Crippen LogP contribution in [0.5, 0.6) is 0 Å². The molecule has 0 aliphatic heterocycles. The van der Waals surface area contributed by atoms with Crippen LogP contribution in [0.3, 0.4) is 0 Å². The van der Waals surface area contributed by atoms with E-state index in [4.69, 9.17) is 16.3 Å². The summed E-state index contributed by atoms with van der Waals surface area (Å²) in [6.07, 6.45) is 1.54. The first kappa shape index (κ1) is 15.3. The lowest BCUT2D eigenvalue weighted by Crippen LogP contribution is -2.19. The fourth-order valence-electron chi connectivity index (χ4n) is 1.67. The summed E-state index contributed by atoms with van der Waals surface area (Å²) in [5.41, 5.74) is 1.14. The number of rotatable bonds is 7. The summed E-state index contributed by atoms with van der Waals surface area (Å²) >= 11 is 7.83. The first-order valence-corrected chi connectivity index (χ1v) is 7.40. The second-order valence-electron chi connectivity index (χ2n) is 4.17.